The normalized spacial score (nSPS) is 29.1. The van der Waals surface area contributed by atoms with Crippen molar-refractivity contribution in [3.63, 3.8) is 0 Å². The Morgan fingerprint density at radius 3 is 2.67 bits per heavy atom. The van der Waals surface area contributed by atoms with Gasteiger partial charge in [-0.1, -0.05) is 24.3 Å². The molecule has 80 valence electrons. The smallest absolute Gasteiger partial charge is 0.0341 e. The number of fused-ring (bicyclic) bond motifs is 1. The largest absolute Gasteiger partial charge is 0.324 e. The molecule has 2 aliphatic rings. The van der Waals surface area contributed by atoms with Gasteiger partial charge in [0.25, 0.3) is 0 Å². The molecule has 2 unspecified atom stereocenters. The number of nitrogens with two attached hydrogens (primary N) is 1. The molecule has 2 nitrogen and oxygen atoms in total. The van der Waals surface area contributed by atoms with Crippen LogP contribution in [0, 0.1) is 5.92 Å². The van der Waals surface area contributed by atoms with Crippen molar-refractivity contribution in [1.82, 2.24) is 5.32 Å². The van der Waals surface area contributed by atoms with Crippen LogP contribution in [0.5, 0.6) is 0 Å². The summed E-state index contributed by atoms with van der Waals surface area (Å²) in [4.78, 5) is 0. The second-order valence-corrected chi connectivity index (χ2v) is 4.88. The van der Waals surface area contributed by atoms with Gasteiger partial charge in [-0.15, -0.1) is 0 Å². The molecular weight excluding hydrogens is 184 g/mol. The van der Waals surface area contributed by atoms with Gasteiger partial charge in [0.05, 0.1) is 0 Å². The predicted molar refractivity (Wildman–Crippen MR) is 61.5 cm³/mol. The number of benzene rings is 1. The van der Waals surface area contributed by atoms with Crippen LogP contribution in [-0.4, -0.2) is 6.54 Å². The second kappa shape index (κ2) is 3.62. The summed E-state index contributed by atoms with van der Waals surface area (Å²) in [5.74, 6) is 0.939. The van der Waals surface area contributed by atoms with E-state index >= 15 is 0 Å². The molecular formula is C13H18N2. The summed E-state index contributed by atoms with van der Waals surface area (Å²) in [6, 6.07) is 9.31. The van der Waals surface area contributed by atoms with E-state index in [4.69, 9.17) is 5.73 Å². The lowest BCUT2D eigenvalue weighted by molar-refractivity contribution is 0.486. The molecule has 0 radical (unpaired) electrons. The van der Waals surface area contributed by atoms with Crippen molar-refractivity contribution in [2.75, 3.05) is 6.54 Å². The number of nitrogens with one attached hydrogen (secondary N) is 1. The van der Waals surface area contributed by atoms with Crippen LogP contribution in [0.25, 0.3) is 0 Å². The Hall–Kier alpha value is -0.860. The molecule has 15 heavy (non-hydrogen) atoms. The first-order valence-electron chi connectivity index (χ1n) is 5.92. The van der Waals surface area contributed by atoms with Gasteiger partial charge in [0, 0.05) is 12.1 Å². The number of rotatable bonds is 3. The average molecular weight is 202 g/mol. The minimum Gasteiger partial charge on any atom is -0.324 e. The molecule has 2 aliphatic carbocycles. The Balaban J connectivity index is 1.75. The molecule has 2 heteroatoms. The van der Waals surface area contributed by atoms with E-state index in [0.717, 1.165) is 12.3 Å². The average Bonchev–Trinajstić information content (AvgIpc) is 3.03. The minimum atomic E-state index is 0.234. The van der Waals surface area contributed by atoms with Crippen LogP contribution < -0.4 is 11.1 Å². The highest BCUT2D eigenvalue weighted by Gasteiger charge is 2.29. The van der Waals surface area contributed by atoms with Crippen molar-refractivity contribution in [2.24, 2.45) is 11.7 Å². The van der Waals surface area contributed by atoms with Gasteiger partial charge in [-0.25, -0.2) is 0 Å². The third-order valence-electron chi connectivity index (χ3n) is 3.61. The molecule has 0 heterocycles. The summed E-state index contributed by atoms with van der Waals surface area (Å²) in [7, 11) is 0. The van der Waals surface area contributed by atoms with Crippen molar-refractivity contribution in [3.05, 3.63) is 35.4 Å². The van der Waals surface area contributed by atoms with Crippen LogP contribution in [0.4, 0.5) is 0 Å². The Labute approximate surface area is 90.9 Å². The van der Waals surface area contributed by atoms with Crippen molar-refractivity contribution >= 4 is 0 Å². The first-order chi connectivity index (χ1) is 7.34. The summed E-state index contributed by atoms with van der Waals surface area (Å²) in [5.41, 5.74) is 8.88. The Morgan fingerprint density at radius 1 is 1.20 bits per heavy atom. The molecule has 0 aromatic heterocycles. The topological polar surface area (TPSA) is 38.0 Å². The van der Waals surface area contributed by atoms with Gasteiger partial charge in [0.15, 0.2) is 0 Å². The highest BCUT2D eigenvalue weighted by molar-refractivity contribution is 5.37. The van der Waals surface area contributed by atoms with E-state index in [2.05, 4.69) is 29.6 Å². The van der Waals surface area contributed by atoms with Gasteiger partial charge in [-0.2, -0.15) is 0 Å². The summed E-state index contributed by atoms with van der Waals surface area (Å²) in [6.45, 7) is 1.17. The first-order valence-corrected chi connectivity index (χ1v) is 5.92. The van der Waals surface area contributed by atoms with Gasteiger partial charge >= 0.3 is 0 Å². The van der Waals surface area contributed by atoms with E-state index < -0.39 is 0 Å². The zero-order valence-electron chi connectivity index (χ0n) is 8.95. The summed E-state index contributed by atoms with van der Waals surface area (Å²) in [6.07, 6.45) is 3.88. The third-order valence-corrected chi connectivity index (χ3v) is 3.61. The molecule has 0 bridgehead atoms. The van der Waals surface area contributed by atoms with Crippen molar-refractivity contribution in [1.29, 1.82) is 0 Å². The molecule has 0 amide bonds. The molecule has 1 saturated carbocycles. The van der Waals surface area contributed by atoms with Crippen LogP contribution in [0.15, 0.2) is 24.3 Å². The predicted octanol–water partition coefficient (Wildman–Crippen LogP) is 2.13. The fraction of sp³-hybridized carbons (Fsp3) is 0.538. The Bertz CT molecular complexity index is 357. The molecule has 1 aromatic carbocycles. The standard InChI is InChI=1S/C13H18N2/c14-12-7-13(15-8-9-5-6-9)11-4-2-1-3-10(11)12/h1-4,9,12-13,15H,5-8,14H2. The zero-order valence-corrected chi connectivity index (χ0v) is 8.95. The van der Waals surface area contributed by atoms with E-state index in [1.807, 2.05) is 0 Å². The Morgan fingerprint density at radius 2 is 1.93 bits per heavy atom. The van der Waals surface area contributed by atoms with E-state index in [0.29, 0.717) is 6.04 Å². The molecule has 1 aromatic rings. The maximum Gasteiger partial charge on any atom is 0.0341 e. The summed E-state index contributed by atoms with van der Waals surface area (Å²) < 4.78 is 0. The molecule has 3 N–H and O–H groups in total. The van der Waals surface area contributed by atoms with Gasteiger partial charge in [0.1, 0.15) is 0 Å². The first kappa shape index (κ1) is 9.37. The van der Waals surface area contributed by atoms with Crippen LogP contribution >= 0.6 is 0 Å². The van der Waals surface area contributed by atoms with Gasteiger partial charge in [0.2, 0.25) is 0 Å². The quantitative estimate of drug-likeness (QED) is 0.788. The van der Waals surface area contributed by atoms with E-state index in [9.17, 15) is 0 Å². The van der Waals surface area contributed by atoms with Crippen LogP contribution in [0.3, 0.4) is 0 Å². The maximum atomic E-state index is 6.12. The number of hydrogen-bond donors (Lipinski definition) is 2. The van der Waals surface area contributed by atoms with E-state index in [1.54, 1.807) is 0 Å². The lowest BCUT2D eigenvalue weighted by atomic mass is 10.1. The SMILES string of the molecule is NC1CC(NCC2CC2)c2ccccc21. The van der Waals surface area contributed by atoms with Crippen LogP contribution in [0.2, 0.25) is 0 Å². The molecule has 0 aliphatic heterocycles. The van der Waals surface area contributed by atoms with Crippen LogP contribution in [-0.2, 0) is 0 Å². The maximum absolute atomic E-state index is 6.12. The van der Waals surface area contributed by atoms with Crippen molar-refractivity contribution in [3.8, 4) is 0 Å². The number of hydrogen-bond acceptors (Lipinski definition) is 2. The fourth-order valence-corrected chi connectivity index (χ4v) is 2.50. The summed E-state index contributed by atoms with van der Waals surface area (Å²) >= 11 is 0. The second-order valence-electron chi connectivity index (χ2n) is 4.88. The molecule has 1 fully saturated rings. The van der Waals surface area contributed by atoms with Gasteiger partial charge in [-0.3, -0.25) is 0 Å². The van der Waals surface area contributed by atoms with Crippen molar-refractivity contribution in [2.45, 2.75) is 31.3 Å². The Kier molecular flexibility index (Phi) is 2.26. The molecule has 3 rings (SSSR count). The minimum absolute atomic E-state index is 0.234. The highest BCUT2D eigenvalue weighted by atomic mass is 14.9. The lowest BCUT2D eigenvalue weighted by Gasteiger charge is -2.13. The monoisotopic (exact) mass is 202 g/mol. The highest BCUT2D eigenvalue weighted by Crippen LogP contribution is 2.38. The van der Waals surface area contributed by atoms with E-state index in [-0.39, 0.29) is 6.04 Å². The third kappa shape index (κ3) is 1.80. The van der Waals surface area contributed by atoms with Crippen molar-refractivity contribution < 1.29 is 0 Å². The fourth-order valence-electron chi connectivity index (χ4n) is 2.50. The van der Waals surface area contributed by atoms with Gasteiger partial charge in [-0.05, 0) is 42.9 Å². The summed E-state index contributed by atoms with van der Waals surface area (Å²) in [5, 5.41) is 3.65. The molecule has 0 spiro atoms. The zero-order chi connectivity index (χ0) is 10.3. The lowest BCUT2D eigenvalue weighted by Crippen LogP contribution is -2.22. The van der Waals surface area contributed by atoms with Crippen LogP contribution in [0.1, 0.15) is 42.5 Å². The molecule has 2 atom stereocenters. The molecule has 0 saturated heterocycles. The van der Waals surface area contributed by atoms with Gasteiger partial charge < -0.3 is 11.1 Å². The van der Waals surface area contributed by atoms with E-state index in [1.165, 1.54) is 30.5 Å².